The van der Waals surface area contributed by atoms with E-state index >= 15 is 0 Å². The van der Waals surface area contributed by atoms with Crippen LogP contribution in [0.15, 0.2) is 16.7 Å². The van der Waals surface area contributed by atoms with E-state index in [0.29, 0.717) is 30.8 Å². The van der Waals surface area contributed by atoms with Crippen molar-refractivity contribution in [1.29, 1.82) is 0 Å². The zero-order valence-corrected chi connectivity index (χ0v) is 13.2. The van der Waals surface area contributed by atoms with Gasteiger partial charge in [-0.15, -0.1) is 0 Å². The molecule has 1 aromatic rings. The predicted octanol–water partition coefficient (Wildman–Crippen LogP) is 2.32. The van der Waals surface area contributed by atoms with E-state index in [-0.39, 0.29) is 18.7 Å². The fourth-order valence-corrected chi connectivity index (χ4v) is 2.33. The molecule has 0 aromatic carbocycles. The van der Waals surface area contributed by atoms with Gasteiger partial charge in [0, 0.05) is 13.2 Å². The van der Waals surface area contributed by atoms with Gasteiger partial charge in [-0.25, -0.2) is 4.79 Å². The summed E-state index contributed by atoms with van der Waals surface area (Å²) >= 11 is 0. The third-order valence-corrected chi connectivity index (χ3v) is 3.59. The highest BCUT2D eigenvalue weighted by atomic mass is 16.5. The van der Waals surface area contributed by atoms with Crippen LogP contribution in [0.1, 0.15) is 50.9 Å². The van der Waals surface area contributed by atoms with Gasteiger partial charge in [0.15, 0.2) is 5.82 Å². The third-order valence-electron chi connectivity index (χ3n) is 3.59. The second-order valence-corrected chi connectivity index (χ2v) is 5.36. The molecule has 7 nitrogen and oxygen atoms in total. The van der Waals surface area contributed by atoms with E-state index in [9.17, 15) is 4.79 Å². The summed E-state index contributed by atoms with van der Waals surface area (Å²) in [5.41, 5.74) is 0. The number of nitrogens with one attached hydrogen (secondary N) is 2. The van der Waals surface area contributed by atoms with E-state index in [4.69, 9.17) is 9.26 Å². The van der Waals surface area contributed by atoms with Gasteiger partial charge in [0.05, 0.1) is 6.54 Å². The first-order chi connectivity index (χ1) is 10.7. The Balaban J connectivity index is 1.68. The van der Waals surface area contributed by atoms with Crippen LogP contribution in [0.2, 0.25) is 0 Å². The van der Waals surface area contributed by atoms with Crippen molar-refractivity contribution in [2.24, 2.45) is 5.92 Å². The van der Waals surface area contributed by atoms with Gasteiger partial charge in [-0.2, -0.15) is 4.98 Å². The lowest BCUT2D eigenvalue weighted by molar-refractivity contribution is 0.0683. The van der Waals surface area contributed by atoms with E-state index in [0.717, 1.165) is 19.3 Å². The lowest BCUT2D eigenvalue weighted by Crippen LogP contribution is -2.38. The van der Waals surface area contributed by atoms with Crippen LogP contribution in [0.4, 0.5) is 4.79 Å². The van der Waals surface area contributed by atoms with E-state index in [2.05, 4.69) is 32.9 Å². The summed E-state index contributed by atoms with van der Waals surface area (Å²) < 4.78 is 10.5. The summed E-state index contributed by atoms with van der Waals surface area (Å²) in [6.07, 6.45) is 7.40. The van der Waals surface area contributed by atoms with Gasteiger partial charge in [-0.3, -0.25) is 0 Å². The zero-order chi connectivity index (χ0) is 15.8. The number of hydrogen-bond donors (Lipinski definition) is 2. The number of aromatic nitrogens is 2. The maximum Gasteiger partial charge on any atom is 0.315 e. The maximum absolute atomic E-state index is 11.7. The number of carbonyl (C=O) groups is 1. The smallest absolute Gasteiger partial charge is 0.315 e. The molecule has 0 radical (unpaired) electrons. The SMILES string of the molecule is CCO[C@@H](C)c1noc(CNC(=O)NC[C@@H]2CC=CCC2)n1. The minimum atomic E-state index is -0.216. The van der Waals surface area contributed by atoms with Gasteiger partial charge in [-0.1, -0.05) is 17.3 Å². The highest BCUT2D eigenvalue weighted by molar-refractivity contribution is 5.73. The maximum atomic E-state index is 11.7. The van der Waals surface area contributed by atoms with Crippen molar-refractivity contribution in [2.75, 3.05) is 13.2 Å². The Morgan fingerprint density at radius 3 is 3.09 bits per heavy atom. The summed E-state index contributed by atoms with van der Waals surface area (Å²) in [5.74, 6) is 1.39. The quantitative estimate of drug-likeness (QED) is 0.755. The number of rotatable bonds is 7. The molecule has 0 saturated heterocycles. The second kappa shape index (κ2) is 8.53. The van der Waals surface area contributed by atoms with Crippen molar-refractivity contribution < 1.29 is 14.1 Å². The van der Waals surface area contributed by atoms with Crippen molar-refractivity contribution in [2.45, 2.75) is 45.8 Å². The van der Waals surface area contributed by atoms with Crippen LogP contribution >= 0.6 is 0 Å². The molecule has 0 unspecified atom stereocenters. The molecule has 7 heteroatoms. The minimum Gasteiger partial charge on any atom is -0.371 e. The number of ether oxygens (including phenoxy) is 1. The van der Waals surface area contributed by atoms with Crippen LogP contribution in [0.25, 0.3) is 0 Å². The van der Waals surface area contributed by atoms with Crippen molar-refractivity contribution >= 4 is 6.03 Å². The number of nitrogens with zero attached hydrogens (tertiary/aromatic N) is 2. The predicted molar refractivity (Wildman–Crippen MR) is 81.1 cm³/mol. The molecule has 22 heavy (non-hydrogen) atoms. The molecule has 0 fully saturated rings. The Labute approximate surface area is 130 Å². The Kier molecular flexibility index (Phi) is 6.39. The molecule has 0 aliphatic heterocycles. The Morgan fingerprint density at radius 1 is 1.50 bits per heavy atom. The van der Waals surface area contributed by atoms with Crippen LogP contribution in [-0.4, -0.2) is 29.3 Å². The fraction of sp³-hybridized carbons (Fsp3) is 0.667. The number of carbonyl (C=O) groups excluding carboxylic acids is 1. The molecule has 0 spiro atoms. The van der Waals surface area contributed by atoms with Crippen LogP contribution < -0.4 is 10.6 Å². The van der Waals surface area contributed by atoms with Crippen LogP contribution in [0.5, 0.6) is 0 Å². The Morgan fingerprint density at radius 2 is 2.36 bits per heavy atom. The number of allylic oxidation sites excluding steroid dienone is 2. The normalized spacial score (nSPS) is 18.9. The monoisotopic (exact) mass is 308 g/mol. The van der Waals surface area contributed by atoms with Gasteiger partial charge in [0.25, 0.3) is 0 Å². The second-order valence-electron chi connectivity index (χ2n) is 5.36. The fourth-order valence-electron chi connectivity index (χ4n) is 2.33. The molecule has 0 bridgehead atoms. The van der Waals surface area contributed by atoms with E-state index in [1.165, 1.54) is 0 Å². The van der Waals surface area contributed by atoms with Crippen LogP contribution in [-0.2, 0) is 11.3 Å². The summed E-state index contributed by atoms with van der Waals surface area (Å²) in [7, 11) is 0. The van der Waals surface area contributed by atoms with Crippen molar-refractivity contribution in [3.8, 4) is 0 Å². The zero-order valence-electron chi connectivity index (χ0n) is 13.2. The summed E-state index contributed by atoms with van der Waals surface area (Å²) in [5, 5.41) is 9.43. The first kappa shape index (κ1) is 16.5. The molecule has 1 aromatic heterocycles. The Hall–Kier alpha value is -1.89. The van der Waals surface area contributed by atoms with Gasteiger partial charge in [0.2, 0.25) is 5.89 Å². The number of hydrogen-bond acceptors (Lipinski definition) is 5. The lowest BCUT2D eigenvalue weighted by atomic mass is 9.94. The Bertz CT molecular complexity index is 501. The van der Waals surface area contributed by atoms with Crippen molar-refractivity contribution in [3.05, 3.63) is 23.9 Å². The molecule has 2 amide bonds. The summed E-state index contributed by atoms with van der Waals surface area (Å²) in [6, 6.07) is -0.216. The van der Waals surface area contributed by atoms with E-state index in [1.54, 1.807) is 0 Å². The van der Waals surface area contributed by atoms with Crippen LogP contribution in [0, 0.1) is 5.92 Å². The van der Waals surface area contributed by atoms with Crippen molar-refractivity contribution in [1.82, 2.24) is 20.8 Å². The molecule has 1 heterocycles. The van der Waals surface area contributed by atoms with E-state index < -0.39 is 0 Å². The summed E-state index contributed by atoms with van der Waals surface area (Å²) in [4.78, 5) is 15.9. The largest absolute Gasteiger partial charge is 0.371 e. The molecule has 2 atom stereocenters. The topological polar surface area (TPSA) is 89.3 Å². The average Bonchev–Trinajstić information content (AvgIpc) is 3.01. The summed E-state index contributed by atoms with van der Waals surface area (Å²) in [6.45, 7) is 5.25. The molecule has 1 aliphatic rings. The molecular formula is C15H24N4O3. The van der Waals surface area contributed by atoms with Gasteiger partial charge in [0.1, 0.15) is 6.10 Å². The standard InChI is InChI=1S/C15H24N4O3/c1-3-21-11(2)14-18-13(22-19-14)10-17-15(20)16-9-12-7-5-4-6-8-12/h4-5,11-12H,3,6-10H2,1-2H3,(H2,16,17,20)/t11-,12+/m0/s1. The third kappa shape index (κ3) is 5.14. The molecule has 1 aliphatic carbocycles. The van der Waals surface area contributed by atoms with Gasteiger partial charge < -0.3 is 19.9 Å². The molecule has 0 saturated carbocycles. The highest BCUT2D eigenvalue weighted by Crippen LogP contribution is 2.16. The molecule has 2 N–H and O–H groups in total. The first-order valence-electron chi connectivity index (χ1n) is 7.79. The minimum absolute atomic E-state index is 0.211. The molecular weight excluding hydrogens is 284 g/mol. The van der Waals surface area contributed by atoms with Gasteiger partial charge >= 0.3 is 6.03 Å². The first-order valence-corrected chi connectivity index (χ1v) is 7.79. The molecule has 2 rings (SSSR count). The highest BCUT2D eigenvalue weighted by Gasteiger charge is 2.15. The lowest BCUT2D eigenvalue weighted by Gasteiger charge is -2.18. The van der Waals surface area contributed by atoms with Crippen molar-refractivity contribution in [3.63, 3.8) is 0 Å². The average molecular weight is 308 g/mol. The molecule has 122 valence electrons. The van der Waals surface area contributed by atoms with Gasteiger partial charge in [-0.05, 0) is 39.0 Å². The number of amides is 2. The van der Waals surface area contributed by atoms with Crippen LogP contribution in [0.3, 0.4) is 0 Å². The van der Waals surface area contributed by atoms with E-state index in [1.807, 2.05) is 13.8 Å². The number of urea groups is 1.